The first kappa shape index (κ1) is 21.4. The molecule has 19 heavy (non-hydrogen) atoms. The maximum absolute atomic E-state index is 10.7. The lowest BCUT2D eigenvalue weighted by atomic mass is 10.3. The molecule has 0 aromatic heterocycles. The van der Waals surface area contributed by atoms with Crippen LogP contribution in [0.4, 0.5) is 0 Å². The molecule has 2 aliphatic heterocycles. The molecule has 118 valence electrons. The molecule has 0 aromatic rings. The Bertz CT molecular complexity index is 278. The summed E-state index contributed by atoms with van der Waals surface area (Å²) in [4.78, 5) is 0. The minimum atomic E-state index is -2.58. The van der Waals surface area contributed by atoms with E-state index in [1.807, 2.05) is 27.7 Å². The molecule has 0 spiro atoms. The molecule has 0 radical (unpaired) electrons. The predicted octanol–water partition coefficient (Wildman–Crippen LogP) is 3.56. The first-order valence-corrected chi connectivity index (χ1v) is 11.0. The van der Waals surface area contributed by atoms with Crippen LogP contribution in [0.25, 0.3) is 0 Å². The summed E-state index contributed by atoms with van der Waals surface area (Å²) in [6.07, 6.45) is 6.52. The Morgan fingerprint density at radius 2 is 1.05 bits per heavy atom. The highest BCUT2D eigenvalue weighted by Crippen LogP contribution is 2.09. The van der Waals surface area contributed by atoms with Crippen LogP contribution in [-0.4, -0.2) is 35.6 Å². The Morgan fingerprint density at radius 3 is 1.26 bits per heavy atom. The summed E-state index contributed by atoms with van der Waals surface area (Å²) in [5.74, 6) is 2.76. The van der Waals surface area contributed by atoms with E-state index in [1.165, 1.54) is 19.3 Å². The lowest BCUT2D eigenvalue weighted by Crippen LogP contribution is -2.15. The van der Waals surface area contributed by atoms with Gasteiger partial charge in [0.2, 0.25) is 0 Å². The molecule has 3 nitrogen and oxygen atoms in total. The summed E-state index contributed by atoms with van der Waals surface area (Å²) in [6.45, 7) is 8.00. The second-order valence-electron chi connectivity index (χ2n) is 4.12. The molecule has 0 amide bonds. The zero-order valence-electron chi connectivity index (χ0n) is 13.1. The SMILES string of the molecule is CC.CC.O=S1(=O)CCCCC1.O=S1CCCCC1. The predicted molar refractivity (Wildman–Crippen MR) is 86.9 cm³/mol. The third-order valence-electron chi connectivity index (χ3n) is 2.65. The summed E-state index contributed by atoms with van der Waals surface area (Å²) in [6, 6.07) is 0. The van der Waals surface area contributed by atoms with Crippen LogP contribution >= 0.6 is 0 Å². The van der Waals surface area contributed by atoms with Crippen molar-refractivity contribution in [1.29, 1.82) is 0 Å². The van der Waals surface area contributed by atoms with E-state index < -0.39 is 20.6 Å². The molecule has 0 atom stereocenters. The summed E-state index contributed by atoms with van der Waals surface area (Å²) >= 11 is 0. The molecule has 2 rings (SSSR count). The average molecular weight is 313 g/mol. The molecule has 2 saturated heterocycles. The van der Waals surface area contributed by atoms with Gasteiger partial charge in [0, 0.05) is 22.3 Å². The Kier molecular flexibility index (Phi) is 16.3. The third-order valence-corrected chi connectivity index (χ3v) is 5.96. The first-order valence-electron chi connectivity index (χ1n) is 7.65. The summed E-state index contributed by atoms with van der Waals surface area (Å²) in [7, 11) is -3.02. The van der Waals surface area contributed by atoms with Gasteiger partial charge in [-0.25, -0.2) is 8.42 Å². The van der Waals surface area contributed by atoms with Gasteiger partial charge in [-0.1, -0.05) is 40.5 Å². The van der Waals surface area contributed by atoms with Crippen molar-refractivity contribution in [3.63, 3.8) is 0 Å². The van der Waals surface area contributed by atoms with Crippen molar-refractivity contribution in [3.05, 3.63) is 0 Å². The molecule has 2 aliphatic rings. The Hall–Kier alpha value is 0.1000. The zero-order chi connectivity index (χ0) is 15.1. The molecule has 0 bridgehead atoms. The fourth-order valence-corrected chi connectivity index (χ4v) is 4.48. The highest BCUT2D eigenvalue weighted by Gasteiger charge is 2.14. The van der Waals surface area contributed by atoms with Gasteiger partial charge in [-0.15, -0.1) is 0 Å². The average Bonchev–Trinajstić information content (AvgIpc) is 2.44. The maximum atomic E-state index is 10.7. The molecule has 0 N–H and O–H groups in total. The van der Waals surface area contributed by atoms with Crippen LogP contribution < -0.4 is 0 Å². The molecular weight excluding hydrogens is 280 g/mol. The Morgan fingerprint density at radius 1 is 0.684 bits per heavy atom. The lowest BCUT2D eigenvalue weighted by Gasteiger charge is -2.08. The molecular formula is C14H32O3S2. The van der Waals surface area contributed by atoms with Crippen molar-refractivity contribution in [3.8, 4) is 0 Å². The Balaban J connectivity index is 0. The number of rotatable bonds is 0. The second-order valence-corrected chi connectivity index (χ2v) is 8.12. The van der Waals surface area contributed by atoms with Crippen molar-refractivity contribution in [1.82, 2.24) is 0 Å². The largest absolute Gasteiger partial charge is 0.260 e. The molecule has 0 unspecified atom stereocenters. The van der Waals surface area contributed by atoms with Gasteiger partial charge in [-0.3, -0.25) is 4.21 Å². The second kappa shape index (κ2) is 14.5. The Labute approximate surface area is 122 Å². The maximum Gasteiger partial charge on any atom is 0.150 e. The highest BCUT2D eigenvalue weighted by atomic mass is 32.2. The van der Waals surface area contributed by atoms with Gasteiger partial charge < -0.3 is 0 Å². The minimum absolute atomic E-state index is 0.424. The fourth-order valence-electron chi connectivity index (χ4n) is 1.73. The van der Waals surface area contributed by atoms with Gasteiger partial charge in [0.25, 0.3) is 0 Å². The van der Waals surface area contributed by atoms with Crippen molar-refractivity contribution >= 4 is 20.6 Å². The van der Waals surface area contributed by atoms with Crippen molar-refractivity contribution in [2.75, 3.05) is 23.0 Å². The number of sulfone groups is 1. The van der Waals surface area contributed by atoms with Crippen LogP contribution in [-0.2, 0) is 20.6 Å². The van der Waals surface area contributed by atoms with E-state index >= 15 is 0 Å². The number of hydrogen-bond donors (Lipinski definition) is 0. The van der Waals surface area contributed by atoms with Crippen LogP contribution in [0.2, 0.25) is 0 Å². The van der Waals surface area contributed by atoms with E-state index in [0.717, 1.165) is 30.8 Å². The summed E-state index contributed by atoms with van der Waals surface area (Å²) in [5.41, 5.74) is 0. The quantitative estimate of drug-likeness (QED) is 0.687. The first-order chi connectivity index (χ1) is 9.10. The summed E-state index contributed by atoms with van der Waals surface area (Å²) in [5, 5.41) is 0. The zero-order valence-corrected chi connectivity index (χ0v) is 14.7. The molecule has 0 aromatic carbocycles. The number of hydrogen-bond acceptors (Lipinski definition) is 3. The van der Waals surface area contributed by atoms with E-state index in [9.17, 15) is 12.6 Å². The molecule has 2 fully saturated rings. The van der Waals surface area contributed by atoms with Crippen molar-refractivity contribution < 1.29 is 12.6 Å². The van der Waals surface area contributed by atoms with E-state index in [2.05, 4.69) is 0 Å². The van der Waals surface area contributed by atoms with Crippen LogP contribution in [0.1, 0.15) is 66.2 Å². The van der Waals surface area contributed by atoms with E-state index in [4.69, 9.17) is 0 Å². The smallest absolute Gasteiger partial charge is 0.150 e. The van der Waals surface area contributed by atoms with Crippen LogP contribution in [0.3, 0.4) is 0 Å². The normalized spacial score (nSPS) is 21.5. The van der Waals surface area contributed by atoms with Crippen molar-refractivity contribution in [2.45, 2.75) is 66.2 Å². The van der Waals surface area contributed by atoms with Gasteiger partial charge in [0.15, 0.2) is 0 Å². The molecule has 0 saturated carbocycles. The highest BCUT2D eigenvalue weighted by molar-refractivity contribution is 7.91. The van der Waals surface area contributed by atoms with Crippen LogP contribution in [0.15, 0.2) is 0 Å². The van der Waals surface area contributed by atoms with Gasteiger partial charge in [-0.05, 0) is 25.7 Å². The van der Waals surface area contributed by atoms with Crippen molar-refractivity contribution in [2.24, 2.45) is 0 Å². The third kappa shape index (κ3) is 14.3. The van der Waals surface area contributed by atoms with E-state index in [-0.39, 0.29) is 0 Å². The van der Waals surface area contributed by atoms with Gasteiger partial charge in [-0.2, -0.15) is 0 Å². The fraction of sp³-hybridized carbons (Fsp3) is 1.00. The topological polar surface area (TPSA) is 51.2 Å². The van der Waals surface area contributed by atoms with Gasteiger partial charge in [0.05, 0.1) is 11.5 Å². The van der Waals surface area contributed by atoms with E-state index in [1.54, 1.807) is 0 Å². The summed E-state index contributed by atoms with van der Waals surface area (Å²) < 4.78 is 31.9. The standard InChI is InChI=1S/C5H10O2S.C5H10OS.2C2H6/c6-8(7)4-2-1-3-5-8;6-7-4-2-1-3-5-7;2*1-2/h1-5H2;1-5H2;2*1-2H3. The molecule has 5 heteroatoms. The lowest BCUT2D eigenvalue weighted by molar-refractivity contribution is 0.575. The van der Waals surface area contributed by atoms with E-state index in [0.29, 0.717) is 11.5 Å². The molecule has 0 aliphatic carbocycles. The monoisotopic (exact) mass is 312 g/mol. The van der Waals surface area contributed by atoms with Gasteiger partial charge in [0.1, 0.15) is 9.84 Å². The molecule has 2 heterocycles. The minimum Gasteiger partial charge on any atom is -0.260 e. The van der Waals surface area contributed by atoms with Crippen LogP contribution in [0, 0.1) is 0 Å². The van der Waals surface area contributed by atoms with Crippen LogP contribution in [0.5, 0.6) is 0 Å². The van der Waals surface area contributed by atoms with Gasteiger partial charge >= 0.3 is 0 Å².